The first kappa shape index (κ1) is 10.0. The Hall–Kier alpha value is -0.0800. The summed E-state index contributed by atoms with van der Waals surface area (Å²) in [5.41, 5.74) is 0.143. The smallest absolute Gasteiger partial charge is 0.0575 e. The van der Waals surface area contributed by atoms with Gasteiger partial charge in [0.25, 0.3) is 0 Å². The van der Waals surface area contributed by atoms with E-state index in [4.69, 9.17) is 4.84 Å². The molecule has 0 heterocycles. The van der Waals surface area contributed by atoms with Crippen LogP contribution in [0.25, 0.3) is 0 Å². The van der Waals surface area contributed by atoms with Crippen LogP contribution in [-0.4, -0.2) is 23.8 Å². The van der Waals surface area contributed by atoms with Crippen LogP contribution in [0.4, 0.5) is 0 Å². The minimum atomic E-state index is 0.143. The van der Waals surface area contributed by atoms with Crippen molar-refractivity contribution in [2.24, 2.45) is 0 Å². The van der Waals surface area contributed by atoms with Gasteiger partial charge in [0.05, 0.1) is 7.11 Å². The molecule has 0 saturated heterocycles. The largest absolute Gasteiger partial charge is 0.302 e. The Morgan fingerprint density at radius 2 is 1.67 bits per heavy atom. The van der Waals surface area contributed by atoms with Crippen molar-refractivity contribution in [2.75, 3.05) is 7.11 Å². The average molecular weight is 171 g/mol. The zero-order valence-corrected chi connectivity index (χ0v) is 8.76. The van der Waals surface area contributed by atoms with E-state index in [1.165, 1.54) is 25.7 Å². The highest BCUT2D eigenvalue weighted by atomic mass is 16.7. The molecule has 0 aliphatic heterocycles. The molecule has 0 atom stereocenters. The first-order valence-corrected chi connectivity index (χ1v) is 4.89. The maximum atomic E-state index is 5.43. The van der Waals surface area contributed by atoms with Gasteiger partial charge in [0, 0.05) is 11.6 Å². The second-order valence-electron chi connectivity index (χ2n) is 4.62. The molecule has 0 spiro atoms. The fraction of sp³-hybridized carbons (Fsp3) is 1.00. The summed E-state index contributed by atoms with van der Waals surface area (Å²) in [6, 6.07) is 0.648. The van der Waals surface area contributed by atoms with Crippen LogP contribution in [-0.2, 0) is 4.84 Å². The Morgan fingerprint density at radius 1 is 1.17 bits per heavy atom. The van der Waals surface area contributed by atoms with Gasteiger partial charge >= 0.3 is 0 Å². The van der Waals surface area contributed by atoms with Gasteiger partial charge in [-0.15, -0.1) is 0 Å². The lowest BCUT2D eigenvalue weighted by molar-refractivity contribution is -0.213. The van der Waals surface area contributed by atoms with Crippen LogP contribution in [0, 0.1) is 0 Å². The molecule has 0 amide bonds. The van der Waals surface area contributed by atoms with Gasteiger partial charge in [-0.2, -0.15) is 5.06 Å². The van der Waals surface area contributed by atoms with Gasteiger partial charge in [0.15, 0.2) is 0 Å². The number of hydrogen-bond donors (Lipinski definition) is 0. The molecule has 12 heavy (non-hydrogen) atoms. The zero-order valence-electron chi connectivity index (χ0n) is 8.76. The van der Waals surface area contributed by atoms with Gasteiger partial charge in [0.2, 0.25) is 0 Å². The second kappa shape index (κ2) is 3.75. The summed E-state index contributed by atoms with van der Waals surface area (Å²) in [4.78, 5) is 5.43. The normalized spacial score (nSPS) is 20.8. The van der Waals surface area contributed by atoms with E-state index in [0.717, 1.165) is 0 Å². The Morgan fingerprint density at radius 3 is 2.00 bits per heavy atom. The number of hydroxylamine groups is 2. The highest BCUT2D eigenvalue weighted by molar-refractivity contribution is 4.80. The van der Waals surface area contributed by atoms with Crippen LogP contribution in [0.3, 0.4) is 0 Å². The molecule has 0 aromatic carbocycles. The third-order valence-electron chi connectivity index (χ3n) is 2.51. The van der Waals surface area contributed by atoms with Crippen LogP contribution < -0.4 is 0 Å². The molecule has 0 N–H and O–H groups in total. The molecule has 0 unspecified atom stereocenters. The van der Waals surface area contributed by atoms with Gasteiger partial charge in [-0.25, -0.2) is 0 Å². The van der Waals surface area contributed by atoms with Crippen LogP contribution >= 0.6 is 0 Å². The number of hydrogen-bond acceptors (Lipinski definition) is 2. The molecule has 2 heteroatoms. The van der Waals surface area contributed by atoms with Crippen molar-refractivity contribution in [1.29, 1.82) is 0 Å². The molecule has 1 aliphatic carbocycles. The minimum absolute atomic E-state index is 0.143. The van der Waals surface area contributed by atoms with Crippen molar-refractivity contribution in [3.8, 4) is 0 Å². The van der Waals surface area contributed by atoms with Crippen LogP contribution in [0.15, 0.2) is 0 Å². The lowest BCUT2D eigenvalue weighted by Crippen LogP contribution is -2.46. The van der Waals surface area contributed by atoms with Gasteiger partial charge in [0.1, 0.15) is 0 Å². The minimum Gasteiger partial charge on any atom is -0.302 e. The maximum absolute atomic E-state index is 5.43. The maximum Gasteiger partial charge on any atom is 0.0575 e. The van der Waals surface area contributed by atoms with E-state index < -0.39 is 0 Å². The lowest BCUT2D eigenvalue weighted by Gasteiger charge is -2.37. The van der Waals surface area contributed by atoms with Crippen LogP contribution in [0.2, 0.25) is 0 Å². The quantitative estimate of drug-likeness (QED) is 0.592. The van der Waals surface area contributed by atoms with Crippen molar-refractivity contribution in [1.82, 2.24) is 5.06 Å². The fourth-order valence-corrected chi connectivity index (χ4v) is 2.11. The second-order valence-corrected chi connectivity index (χ2v) is 4.62. The summed E-state index contributed by atoms with van der Waals surface area (Å²) >= 11 is 0. The Labute approximate surface area is 75.8 Å². The molecule has 0 aromatic heterocycles. The van der Waals surface area contributed by atoms with Crippen LogP contribution in [0.5, 0.6) is 0 Å². The monoisotopic (exact) mass is 171 g/mol. The molecular formula is C10H21NO. The Balaban J connectivity index is 2.54. The first-order chi connectivity index (χ1) is 5.55. The SMILES string of the molecule is CON(C1CCCC1)C(C)(C)C. The van der Waals surface area contributed by atoms with Crippen molar-refractivity contribution in [2.45, 2.75) is 58.0 Å². The molecule has 72 valence electrons. The highest BCUT2D eigenvalue weighted by Crippen LogP contribution is 2.28. The molecule has 0 bridgehead atoms. The average Bonchev–Trinajstić information content (AvgIpc) is 2.38. The van der Waals surface area contributed by atoms with Gasteiger partial charge in [-0.1, -0.05) is 12.8 Å². The van der Waals surface area contributed by atoms with Crippen molar-refractivity contribution in [3.63, 3.8) is 0 Å². The van der Waals surface area contributed by atoms with Crippen molar-refractivity contribution < 1.29 is 4.84 Å². The predicted molar refractivity (Wildman–Crippen MR) is 50.9 cm³/mol. The predicted octanol–water partition coefficient (Wildman–Crippen LogP) is 2.59. The Kier molecular flexibility index (Phi) is 3.13. The summed E-state index contributed by atoms with van der Waals surface area (Å²) < 4.78 is 0. The summed E-state index contributed by atoms with van der Waals surface area (Å²) in [6.45, 7) is 6.61. The van der Waals surface area contributed by atoms with E-state index in [0.29, 0.717) is 6.04 Å². The summed E-state index contributed by atoms with van der Waals surface area (Å²) in [7, 11) is 1.78. The van der Waals surface area contributed by atoms with E-state index in [9.17, 15) is 0 Å². The molecular weight excluding hydrogens is 150 g/mol. The first-order valence-electron chi connectivity index (χ1n) is 4.89. The third-order valence-corrected chi connectivity index (χ3v) is 2.51. The third kappa shape index (κ3) is 2.20. The number of nitrogens with zero attached hydrogens (tertiary/aromatic N) is 1. The summed E-state index contributed by atoms with van der Waals surface area (Å²) in [5, 5.41) is 2.15. The van der Waals surface area contributed by atoms with Gasteiger partial charge in [-0.3, -0.25) is 0 Å². The number of rotatable bonds is 2. The topological polar surface area (TPSA) is 12.5 Å². The highest BCUT2D eigenvalue weighted by Gasteiger charge is 2.30. The van der Waals surface area contributed by atoms with Gasteiger partial charge in [-0.05, 0) is 33.6 Å². The summed E-state index contributed by atoms with van der Waals surface area (Å²) in [6.07, 6.45) is 5.32. The van der Waals surface area contributed by atoms with E-state index in [2.05, 4.69) is 25.8 Å². The van der Waals surface area contributed by atoms with E-state index in [1.807, 2.05) is 0 Å². The van der Waals surface area contributed by atoms with Crippen LogP contribution in [0.1, 0.15) is 46.5 Å². The molecule has 1 saturated carbocycles. The molecule has 1 rings (SSSR count). The fourth-order valence-electron chi connectivity index (χ4n) is 2.11. The van der Waals surface area contributed by atoms with E-state index in [1.54, 1.807) is 7.11 Å². The van der Waals surface area contributed by atoms with Gasteiger partial charge < -0.3 is 4.84 Å². The zero-order chi connectivity index (χ0) is 9.19. The van der Waals surface area contributed by atoms with Crippen molar-refractivity contribution >= 4 is 0 Å². The summed E-state index contributed by atoms with van der Waals surface area (Å²) in [5.74, 6) is 0. The lowest BCUT2D eigenvalue weighted by atomic mass is 10.1. The molecule has 2 nitrogen and oxygen atoms in total. The molecule has 0 aromatic rings. The molecule has 1 fully saturated rings. The Bertz CT molecular complexity index is 133. The molecule has 0 radical (unpaired) electrons. The standard InChI is InChI=1S/C10H21NO/c1-10(2,3)11(12-4)9-7-5-6-8-9/h9H,5-8H2,1-4H3. The van der Waals surface area contributed by atoms with Crippen molar-refractivity contribution in [3.05, 3.63) is 0 Å². The molecule has 1 aliphatic rings. The van der Waals surface area contributed by atoms with E-state index in [-0.39, 0.29) is 5.54 Å². The van der Waals surface area contributed by atoms with E-state index >= 15 is 0 Å².